The number of ketones is 1. The van der Waals surface area contributed by atoms with Crippen molar-refractivity contribution in [1.29, 1.82) is 0 Å². The number of nitrogens with two attached hydrogens (primary N) is 1. The van der Waals surface area contributed by atoms with Gasteiger partial charge in [0.1, 0.15) is 0 Å². The van der Waals surface area contributed by atoms with E-state index in [1.807, 2.05) is 0 Å². The molecule has 2 atom stereocenters. The van der Waals surface area contributed by atoms with Crippen molar-refractivity contribution >= 4 is 5.78 Å². The zero-order chi connectivity index (χ0) is 21.7. The van der Waals surface area contributed by atoms with E-state index in [0.717, 1.165) is 12.8 Å². The molecule has 1 aliphatic heterocycles. The lowest BCUT2D eigenvalue weighted by Gasteiger charge is -2.23. The van der Waals surface area contributed by atoms with Gasteiger partial charge >= 0.3 is 12.4 Å². The van der Waals surface area contributed by atoms with Crippen molar-refractivity contribution in [1.82, 2.24) is 0 Å². The average Bonchev–Trinajstić information content (AvgIpc) is 2.66. The van der Waals surface area contributed by atoms with Crippen LogP contribution in [0.5, 0.6) is 0 Å². The molecular formula is C19H23F6NO3. The minimum atomic E-state index is -4.98. The van der Waals surface area contributed by atoms with Gasteiger partial charge in [0.2, 0.25) is 0 Å². The average molecular weight is 427 g/mol. The molecule has 1 saturated heterocycles. The predicted octanol–water partition coefficient (Wildman–Crippen LogP) is 4.66. The second-order valence-electron chi connectivity index (χ2n) is 6.87. The van der Waals surface area contributed by atoms with Crippen molar-refractivity contribution in [2.75, 3.05) is 19.8 Å². The molecule has 0 saturated carbocycles. The summed E-state index contributed by atoms with van der Waals surface area (Å²) in [4.78, 5) is 12.2. The highest BCUT2D eigenvalue weighted by atomic mass is 19.4. The molecule has 1 aliphatic rings. The number of Topliss-reactive ketones (excluding diaryl/α,β-unsaturated/α-hetero) is 1. The van der Waals surface area contributed by atoms with Gasteiger partial charge in [0.15, 0.2) is 12.1 Å². The highest BCUT2D eigenvalue weighted by Crippen LogP contribution is 2.38. The van der Waals surface area contributed by atoms with Gasteiger partial charge in [-0.1, -0.05) is 0 Å². The molecule has 2 rings (SSSR count). The first kappa shape index (κ1) is 23.6. The molecular weight excluding hydrogens is 404 g/mol. The first-order chi connectivity index (χ1) is 13.5. The molecule has 0 radical (unpaired) electrons. The normalized spacial score (nSPS) is 19.2. The second-order valence-corrected chi connectivity index (χ2v) is 6.87. The van der Waals surface area contributed by atoms with E-state index in [1.54, 1.807) is 0 Å². The van der Waals surface area contributed by atoms with Crippen LogP contribution in [-0.4, -0.2) is 31.8 Å². The monoisotopic (exact) mass is 427 g/mol. The highest BCUT2D eigenvalue weighted by molar-refractivity contribution is 5.87. The molecule has 1 aromatic carbocycles. The third-order valence-corrected chi connectivity index (χ3v) is 4.68. The second kappa shape index (κ2) is 9.90. The molecule has 0 aromatic heterocycles. The van der Waals surface area contributed by atoms with Gasteiger partial charge in [-0.15, -0.1) is 0 Å². The smallest absolute Gasteiger partial charge is 0.353 e. The lowest BCUT2D eigenvalue weighted by molar-refractivity contribution is -0.163. The van der Waals surface area contributed by atoms with Crippen molar-refractivity contribution in [3.8, 4) is 0 Å². The summed E-state index contributed by atoms with van der Waals surface area (Å²) in [5.74, 6) is -1.81. The van der Waals surface area contributed by atoms with Gasteiger partial charge < -0.3 is 15.2 Å². The maximum Gasteiger partial charge on any atom is 0.416 e. The SMILES string of the molecule is NCC(=O)C(CCCOC1CCCCO1)c1cc(C(F)(F)F)cc(C(F)(F)F)c1. The molecule has 4 nitrogen and oxygen atoms in total. The number of benzene rings is 1. The fourth-order valence-corrected chi connectivity index (χ4v) is 3.18. The van der Waals surface area contributed by atoms with Crippen molar-refractivity contribution in [2.45, 2.75) is 56.7 Å². The number of alkyl halides is 6. The minimum absolute atomic E-state index is 0.0152. The summed E-state index contributed by atoms with van der Waals surface area (Å²) in [7, 11) is 0. The van der Waals surface area contributed by atoms with Crippen molar-refractivity contribution in [3.05, 3.63) is 34.9 Å². The van der Waals surface area contributed by atoms with E-state index in [9.17, 15) is 31.1 Å². The molecule has 29 heavy (non-hydrogen) atoms. The molecule has 1 fully saturated rings. The predicted molar refractivity (Wildman–Crippen MR) is 92.0 cm³/mol. The molecule has 0 spiro atoms. The third-order valence-electron chi connectivity index (χ3n) is 4.68. The molecule has 0 amide bonds. The lowest BCUT2D eigenvalue weighted by Crippen LogP contribution is -2.25. The van der Waals surface area contributed by atoms with Gasteiger partial charge in [-0.05, 0) is 55.9 Å². The van der Waals surface area contributed by atoms with E-state index in [0.29, 0.717) is 25.2 Å². The van der Waals surface area contributed by atoms with Crippen LogP contribution in [-0.2, 0) is 26.6 Å². The Kier molecular flexibility index (Phi) is 8.07. The summed E-state index contributed by atoms with van der Waals surface area (Å²) in [6.45, 7) is 0.252. The zero-order valence-corrected chi connectivity index (χ0v) is 15.6. The quantitative estimate of drug-likeness (QED) is 0.484. The third kappa shape index (κ3) is 6.97. The molecule has 2 unspecified atom stereocenters. The molecule has 2 N–H and O–H groups in total. The van der Waals surface area contributed by atoms with Crippen LogP contribution in [0.15, 0.2) is 18.2 Å². The first-order valence-electron chi connectivity index (χ1n) is 9.27. The number of carbonyl (C=O) groups is 1. The van der Waals surface area contributed by atoms with Gasteiger partial charge in [0.25, 0.3) is 0 Å². The molecule has 164 valence electrons. The minimum Gasteiger partial charge on any atom is -0.353 e. The van der Waals surface area contributed by atoms with Crippen molar-refractivity contribution < 1.29 is 40.6 Å². The zero-order valence-electron chi connectivity index (χ0n) is 15.6. The number of hydrogen-bond donors (Lipinski definition) is 1. The van der Waals surface area contributed by atoms with Crippen LogP contribution in [0.4, 0.5) is 26.3 Å². The Morgan fingerprint density at radius 2 is 1.72 bits per heavy atom. The van der Waals surface area contributed by atoms with E-state index >= 15 is 0 Å². The van der Waals surface area contributed by atoms with Gasteiger partial charge in [-0.3, -0.25) is 4.79 Å². The number of carbonyl (C=O) groups excluding carboxylic acids is 1. The van der Waals surface area contributed by atoms with Crippen LogP contribution < -0.4 is 5.73 Å². The summed E-state index contributed by atoms with van der Waals surface area (Å²) in [5.41, 5.74) is 2.07. The van der Waals surface area contributed by atoms with Gasteiger partial charge in [-0.25, -0.2) is 0 Å². The number of rotatable bonds is 8. The van der Waals surface area contributed by atoms with E-state index in [2.05, 4.69) is 0 Å². The topological polar surface area (TPSA) is 61.6 Å². The fraction of sp³-hybridized carbons (Fsp3) is 0.632. The van der Waals surface area contributed by atoms with E-state index in [-0.39, 0.29) is 37.4 Å². The van der Waals surface area contributed by atoms with Gasteiger partial charge in [-0.2, -0.15) is 26.3 Å². The summed E-state index contributed by atoms with van der Waals surface area (Å²) >= 11 is 0. The summed E-state index contributed by atoms with van der Waals surface area (Å²) < 4.78 is 89.4. The highest BCUT2D eigenvalue weighted by Gasteiger charge is 2.38. The number of halogens is 6. The van der Waals surface area contributed by atoms with Gasteiger partial charge in [0, 0.05) is 19.1 Å². The Morgan fingerprint density at radius 3 is 2.21 bits per heavy atom. The van der Waals surface area contributed by atoms with Crippen molar-refractivity contribution in [2.24, 2.45) is 5.73 Å². The Labute approximate surface area is 164 Å². The fourth-order valence-electron chi connectivity index (χ4n) is 3.18. The number of ether oxygens (including phenoxy) is 2. The first-order valence-corrected chi connectivity index (χ1v) is 9.27. The summed E-state index contributed by atoms with van der Waals surface area (Å²) in [6, 6.07) is 1.20. The Bertz CT molecular complexity index is 651. The van der Waals surface area contributed by atoms with Crippen LogP contribution in [0, 0.1) is 0 Å². The van der Waals surface area contributed by atoms with E-state index in [1.165, 1.54) is 0 Å². The van der Waals surface area contributed by atoms with E-state index < -0.39 is 41.7 Å². The molecule has 0 bridgehead atoms. The Hall–Kier alpha value is -1.65. The Balaban J connectivity index is 2.18. The molecule has 1 aromatic rings. The molecule has 1 heterocycles. The van der Waals surface area contributed by atoms with Gasteiger partial charge in [0.05, 0.1) is 17.7 Å². The lowest BCUT2D eigenvalue weighted by atomic mass is 9.88. The maximum absolute atomic E-state index is 13.1. The standard InChI is InChI=1S/C19H23F6NO3/c20-18(21,22)13-8-12(9-14(10-13)19(23,24)25)15(16(27)11-26)4-3-7-29-17-5-1-2-6-28-17/h8-10,15,17H,1-7,11,26H2. The van der Waals surface area contributed by atoms with Crippen LogP contribution in [0.1, 0.15) is 54.7 Å². The Morgan fingerprint density at radius 1 is 1.10 bits per heavy atom. The van der Waals surface area contributed by atoms with Crippen LogP contribution in [0.2, 0.25) is 0 Å². The summed E-state index contributed by atoms with van der Waals surface area (Å²) in [6.07, 6.45) is -7.46. The van der Waals surface area contributed by atoms with Crippen LogP contribution in [0.3, 0.4) is 0 Å². The maximum atomic E-state index is 13.1. The van der Waals surface area contributed by atoms with E-state index in [4.69, 9.17) is 15.2 Å². The molecule has 10 heteroatoms. The van der Waals surface area contributed by atoms with Crippen LogP contribution >= 0.6 is 0 Å². The molecule has 0 aliphatic carbocycles. The van der Waals surface area contributed by atoms with Crippen LogP contribution in [0.25, 0.3) is 0 Å². The van der Waals surface area contributed by atoms with Crippen molar-refractivity contribution in [3.63, 3.8) is 0 Å². The largest absolute Gasteiger partial charge is 0.416 e. The number of hydrogen-bond acceptors (Lipinski definition) is 4. The summed E-state index contributed by atoms with van der Waals surface area (Å²) in [5, 5.41) is 0.